The summed E-state index contributed by atoms with van der Waals surface area (Å²) in [6.07, 6.45) is 1.44. The number of carbonyl (C=O) groups excluding carboxylic acids is 3. The Morgan fingerprint density at radius 2 is 1.62 bits per heavy atom. The number of halogens is 1. The zero-order valence-electron chi connectivity index (χ0n) is 21.4. The average molecular weight is 585 g/mol. The smallest absolute Gasteiger partial charge is 0.335 e. The predicted octanol–water partition coefficient (Wildman–Crippen LogP) is 6.55. The number of amides is 4. The van der Waals surface area contributed by atoms with E-state index in [0.29, 0.717) is 40.4 Å². The first-order valence-corrected chi connectivity index (χ1v) is 13.2. The molecule has 0 spiro atoms. The number of carbonyl (C=O) groups is 3. The topological polar surface area (TPSA) is 84.9 Å². The molecule has 0 bridgehead atoms. The molecule has 8 heteroatoms. The number of imide groups is 2. The van der Waals surface area contributed by atoms with E-state index in [-0.39, 0.29) is 5.57 Å². The molecule has 1 heterocycles. The van der Waals surface area contributed by atoms with E-state index in [4.69, 9.17) is 9.47 Å². The van der Waals surface area contributed by atoms with E-state index in [0.717, 1.165) is 26.8 Å². The zero-order valence-corrected chi connectivity index (χ0v) is 22.9. The first-order valence-electron chi connectivity index (χ1n) is 12.4. The van der Waals surface area contributed by atoms with Crippen molar-refractivity contribution in [3.8, 4) is 11.5 Å². The molecule has 1 aliphatic heterocycles. The molecule has 0 saturated carbocycles. The summed E-state index contributed by atoms with van der Waals surface area (Å²) in [6, 6.07) is 23.7. The number of anilines is 1. The van der Waals surface area contributed by atoms with Gasteiger partial charge in [0.15, 0.2) is 11.5 Å². The standard InChI is InChI=1S/C31H25BrN2O5/c1-3-38-27-16-22(15-25-29(35)33-31(37)34(30(25)36)23-13-11-19(2)12-14-23)26(32)17-28(27)39-18-21-9-6-8-20-7-4-5-10-24(20)21/h4-17H,3,18H2,1-2H3,(H,33,35,37)/b25-15+. The molecule has 4 aromatic rings. The van der Waals surface area contributed by atoms with Crippen LogP contribution in [0.4, 0.5) is 10.5 Å². The summed E-state index contributed by atoms with van der Waals surface area (Å²) in [4.78, 5) is 39.5. The van der Waals surface area contributed by atoms with E-state index in [1.807, 2.05) is 38.1 Å². The molecule has 1 fully saturated rings. The Kier molecular flexibility index (Phi) is 7.47. The molecule has 5 rings (SSSR count). The average Bonchev–Trinajstić information content (AvgIpc) is 2.92. The molecular formula is C31H25BrN2O5. The molecule has 0 atom stereocenters. The lowest BCUT2D eigenvalue weighted by Gasteiger charge is -2.26. The number of ether oxygens (including phenoxy) is 2. The SMILES string of the molecule is CCOc1cc(/C=C2\C(=O)NC(=O)N(c3ccc(C)cc3)C2=O)c(Br)cc1OCc1cccc2ccccc12. The van der Waals surface area contributed by atoms with Gasteiger partial charge in [0.05, 0.1) is 12.3 Å². The molecule has 0 aromatic heterocycles. The van der Waals surface area contributed by atoms with Crippen LogP contribution < -0.4 is 19.7 Å². The third kappa shape index (κ3) is 5.42. The predicted molar refractivity (Wildman–Crippen MR) is 154 cm³/mol. The first kappa shape index (κ1) is 26.2. The third-order valence-electron chi connectivity index (χ3n) is 6.32. The van der Waals surface area contributed by atoms with E-state index in [2.05, 4.69) is 39.4 Å². The van der Waals surface area contributed by atoms with Crippen molar-refractivity contribution in [2.24, 2.45) is 0 Å². The molecule has 1 saturated heterocycles. The summed E-state index contributed by atoms with van der Waals surface area (Å²) in [7, 11) is 0. The van der Waals surface area contributed by atoms with Crippen LogP contribution in [-0.2, 0) is 16.2 Å². The fraction of sp³-hybridized carbons (Fsp3) is 0.129. The second-order valence-electron chi connectivity index (χ2n) is 8.97. The maximum atomic E-state index is 13.3. The zero-order chi connectivity index (χ0) is 27.5. The van der Waals surface area contributed by atoms with Crippen molar-refractivity contribution in [2.75, 3.05) is 11.5 Å². The normalized spacial score (nSPS) is 14.6. The van der Waals surface area contributed by atoms with Gasteiger partial charge in [-0.15, -0.1) is 0 Å². The first-order chi connectivity index (χ1) is 18.9. The molecule has 0 radical (unpaired) electrons. The second-order valence-corrected chi connectivity index (χ2v) is 9.83. The molecule has 0 aliphatic carbocycles. The van der Waals surface area contributed by atoms with Gasteiger partial charge in [-0.3, -0.25) is 14.9 Å². The molecule has 1 N–H and O–H groups in total. The Balaban J connectivity index is 1.46. The molecular weight excluding hydrogens is 560 g/mol. The van der Waals surface area contributed by atoms with Gasteiger partial charge in [0, 0.05) is 4.47 Å². The van der Waals surface area contributed by atoms with Crippen LogP contribution in [0.25, 0.3) is 16.8 Å². The van der Waals surface area contributed by atoms with Crippen LogP contribution in [0, 0.1) is 6.92 Å². The number of aryl methyl sites for hydroxylation is 1. The van der Waals surface area contributed by atoms with Gasteiger partial charge in [-0.2, -0.15) is 0 Å². The Bertz CT molecular complexity index is 1620. The van der Waals surface area contributed by atoms with Crippen molar-refractivity contribution in [1.82, 2.24) is 5.32 Å². The second kappa shape index (κ2) is 11.1. The largest absolute Gasteiger partial charge is 0.490 e. The Morgan fingerprint density at radius 1 is 0.897 bits per heavy atom. The summed E-state index contributed by atoms with van der Waals surface area (Å²) in [6.45, 7) is 4.47. The molecule has 4 amide bonds. The van der Waals surface area contributed by atoms with Gasteiger partial charge in [-0.25, -0.2) is 9.69 Å². The van der Waals surface area contributed by atoms with Crippen molar-refractivity contribution < 1.29 is 23.9 Å². The fourth-order valence-electron chi connectivity index (χ4n) is 4.36. The minimum Gasteiger partial charge on any atom is -0.490 e. The van der Waals surface area contributed by atoms with Crippen molar-refractivity contribution in [2.45, 2.75) is 20.5 Å². The van der Waals surface area contributed by atoms with Crippen LogP contribution >= 0.6 is 15.9 Å². The van der Waals surface area contributed by atoms with Crippen molar-refractivity contribution >= 4 is 56.3 Å². The van der Waals surface area contributed by atoms with Crippen molar-refractivity contribution in [3.05, 3.63) is 106 Å². The van der Waals surface area contributed by atoms with Gasteiger partial charge >= 0.3 is 6.03 Å². The number of fused-ring (bicyclic) bond motifs is 1. The summed E-state index contributed by atoms with van der Waals surface area (Å²) >= 11 is 3.54. The summed E-state index contributed by atoms with van der Waals surface area (Å²) in [5.41, 5.74) is 2.72. The van der Waals surface area contributed by atoms with Gasteiger partial charge in [-0.1, -0.05) is 76.1 Å². The molecule has 0 unspecified atom stereocenters. The minimum atomic E-state index is -0.794. The fourth-order valence-corrected chi connectivity index (χ4v) is 4.79. The van der Waals surface area contributed by atoms with Gasteiger partial charge in [-0.05, 0) is 66.1 Å². The summed E-state index contributed by atoms with van der Waals surface area (Å²) in [5.74, 6) is -0.513. The quantitative estimate of drug-likeness (QED) is 0.196. The molecule has 7 nitrogen and oxygen atoms in total. The molecule has 196 valence electrons. The van der Waals surface area contributed by atoms with Gasteiger partial charge < -0.3 is 9.47 Å². The van der Waals surface area contributed by atoms with E-state index < -0.39 is 17.8 Å². The monoisotopic (exact) mass is 584 g/mol. The van der Waals surface area contributed by atoms with Crippen molar-refractivity contribution in [1.29, 1.82) is 0 Å². The van der Waals surface area contributed by atoms with E-state index >= 15 is 0 Å². The number of nitrogens with one attached hydrogen (secondary N) is 1. The number of urea groups is 1. The number of barbiturate groups is 1. The molecule has 1 aliphatic rings. The summed E-state index contributed by atoms with van der Waals surface area (Å²) in [5, 5.41) is 4.48. The number of nitrogens with zero attached hydrogens (tertiary/aromatic N) is 1. The Labute approximate surface area is 234 Å². The highest BCUT2D eigenvalue weighted by atomic mass is 79.9. The van der Waals surface area contributed by atoms with Crippen LogP contribution in [0.1, 0.15) is 23.6 Å². The Morgan fingerprint density at radius 3 is 2.38 bits per heavy atom. The van der Waals surface area contributed by atoms with Gasteiger partial charge in [0.1, 0.15) is 12.2 Å². The van der Waals surface area contributed by atoms with Crippen LogP contribution in [-0.4, -0.2) is 24.5 Å². The van der Waals surface area contributed by atoms with Crippen LogP contribution in [0.15, 0.2) is 88.9 Å². The van der Waals surface area contributed by atoms with Gasteiger partial charge in [0.25, 0.3) is 11.8 Å². The highest BCUT2D eigenvalue weighted by molar-refractivity contribution is 9.10. The van der Waals surface area contributed by atoms with E-state index in [1.165, 1.54) is 6.08 Å². The van der Waals surface area contributed by atoms with Crippen LogP contribution in [0.5, 0.6) is 11.5 Å². The maximum Gasteiger partial charge on any atom is 0.335 e. The lowest BCUT2D eigenvalue weighted by molar-refractivity contribution is -0.122. The van der Waals surface area contributed by atoms with Crippen molar-refractivity contribution in [3.63, 3.8) is 0 Å². The lowest BCUT2D eigenvalue weighted by atomic mass is 10.1. The van der Waals surface area contributed by atoms with Crippen LogP contribution in [0.3, 0.4) is 0 Å². The minimum absolute atomic E-state index is 0.178. The number of benzene rings is 4. The third-order valence-corrected chi connectivity index (χ3v) is 7.01. The summed E-state index contributed by atoms with van der Waals surface area (Å²) < 4.78 is 12.6. The number of hydrogen-bond acceptors (Lipinski definition) is 5. The highest BCUT2D eigenvalue weighted by Crippen LogP contribution is 2.36. The van der Waals surface area contributed by atoms with Crippen LogP contribution in [0.2, 0.25) is 0 Å². The maximum absolute atomic E-state index is 13.3. The highest BCUT2D eigenvalue weighted by Gasteiger charge is 2.37. The van der Waals surface area contributed by atoms with Gasteiger partial charge in [0.2, 0.25) is 0 Å². The van der Waals surface area contributed by atoms with E-state index in [1.54, 1.807) is 36.4 Å². The molecule has 39 heavy (non-hydrogen) atoms. The lowest BCUT2D eigenvalue weighted by Crippen LogP contribution is -2.54. The molecule has 4 aromatic carbocycles. The number of rotatable bonds is 7. The Hall–Kier alpha value is -4.43. The number of hydrogen-bond donors (Lipinski definition) is 1. The van der Waals surface area contributed by atoms with E-state index in [9.17, 15) is 14.4 Å².